The van der Waals surface area contributed by atoms with E-state index in [0.717, 1.165) is 5.56 Å². The zero-order chi connectivity index (χ0) is 24.2. The van der Waals surface area contributed by atoms with Gasteiger partial charge in [0.1, 0.15) is 0 Å². The smallest absolute Gasteiger partial charge is 0.329 e. The fourth-order valence-corrected chi connectivity index (χ4v) is 2.76. The summed E-state index contributed by atoms with van der Waals surface area (Å²) in [5, 5.41) is 8.99. The molecule has 11 heteroatoms. The average Bonchev–Trinajstić information content (AvgIpc) is 2.79. The van der Waals surface area contributed by atoms with Gasteiger partial charge in [-0.15, -0.1) is 0 Å². The van der Waals surface area contributed by atoms with Crippen LogP contribution in [0.5, 0.6) is 11.5 Å². The Balaban J connectivity index is 1.95. The van der Waals surface area contributed by atoms with E-state index in [9.17, 15) is 14.4 Å². The van der Waals surface area contributed by atoms with Crippen molar-refractivity contribution in [2.24, 2.45) is 5.10 Å². The molecule has 0 bridgehead atoms. The molecular weight excluding hydrogens is 452 g/mol. The van der Waals surface area contributed by atoms with E-state index in [1.807, 2.05) is 19.1 Å². The molecule has 0 aliphatic rings. The molecule has 0 unspecified atom stereocenters. The summed E-state index contributed by atoms with van der Waals surface area (Å²) in [5.74, 6) is -1.70. The number of anilines is 1. The number of carbonyl (C=O) groups is 3. The van der Waals surface area contributed by atoms with Gasteiger partial charge in [-0.1, -0.05) is 29.3 Å². The number of halogens is 1. The van der Waals surface area contributed by atoms with Crippen LogP contribution in [0.15, 0.2) is 41.5 Å². The number of ether oxygens (including phenoxy) is 3. The predicted molar refractivity (Wildman–Crippen MR) is 124 cm³/mol. The third kappa shape index (κ3) is 8.43. The van der Waals surface area contributed by atoms with E-state index in [-0.39, 0.29) is 42.2 Å². The van der Waals surface area contributed by atoms with Crippen molar-refractivity contribution in [3.8, 4) is 11.5 Å². The van der Waals surface area contributed by atoms with Crippen LogP contribution in [0.25, 0.3) is 0 Å². The van der Waals surface area contributed by atoms with Crippen molar-refractivity contribution >= 4 is 41.2 Å². The van der Waals surface area contributed by atoms with Gasteiger partial charge in [0.2, 0.25) is 0 Å². The number of rotatable bonds is 10. The number of hydrogen-bond donors (Lipinski definition) is 3. The van der Waals surface area contributed by atoms with Crippen LogP contribution in [0.2, 0.25) is 5.02 Å². The molecule has 176 valence electrons. The fourth-order valence-electron chi connectivity index (χ4n) is 2.49. The second-order valence-corrected chi connectivity index (χ2v) is 7.09. The van der Waals surface area contributed by atoms with Gasteiger partial charge in [0.25, 0.3) is 5.91 Å². The zero-order valence-electron chi connectivity index (χ0n) is 18.4. The van der Waals surface area contributed by atoms with Crippen LogP contribution in [0.1, 0.15) is 11.1 Å². The first-order valence-corrected chi connectivity index (χ1v) is 10.2. The Morgan fingerprint density at radius 1 is 1.09 bits per heavy atom. The minimum absolute atomic E-state index is 0.169. The molecule has 0 fully saturated rings. The summed E-state index contributed by atoms with van der Waals surface area (Å²) in [7, 11) is 2.89. The van der Waals surface area contributed by atoms with Crippen LogP contribution in [0, 0.1) is 6.92 Å². The summed E-state index contributed by atoms with van der Waals surface area (Å²) in [6, 6.07) is 10.4. The van der Waals surface area contributed by atoms with Gasteiger partial charge in [0.15, 0.2) is 18.1 Å². The van der Waals surface area contributed by atoms with Gasteiger partial charge < -0.3 is 24.8 Å². The second kappa shape index (κ2) is 13.0. The van der Waals surface area contributed by atoms with E-state index < -0.39 is 11.8 Å². The molecule has 2 aromatic carbocycles. The maximum Gasteiger partial charge on any atom is 0.329 e. The highest BCUT2D eigenvalue weighted by molar-refractivity contribution is 6.35. The highest BCUT2D eigenvalue weighted by Gasteiger charge is 2.14. The molecule has 33 heavy (non-hydrogen) atoms. The van der Waals surface area contributed by atoms with Crippen LogP contribution in [0.3, 0.4) is 0 Å². The minimum atomic E-state index is -0.931. The Bertz CT molecular complexity index is 1010. The van der Waals surface area contributed by atoms with Crippen molar-refractivity contribution in [3.05, 3.63) is 52.5 Å². The summed E-state index contributed by atoms with van der Waals surface area (Å²) in [5.41, 5.74) is 4.30. The lowest BCUT2D eigenvalue weighted by Crippen LogP contribution is -2.39. The Hall–Kier alpha value is -3.63. The van der Waals surface area contributed by atoms with Crippen LogP contribution in [-0.2, 0) is 19.1 Å². The summed E-state index contributed by atoms with van der Waals surface area (Å²) in [6.45, 7) is 2.14. The standard InChI is InChI=1S/C22H25ClN4O6/c1-14-4-6-16(7-5-14)26-19(28)13-33-20-17(23)10-15(11-18(20)32-3)12-25-27-22(30)21(29)24-8-9-31-2/h4-7,10-12H,8-9,13H2,1-3H3,(H,24,29)(H,26,28)(H,27,30)/b25-12-. The first-order chi connectivity index (χ1) is 15.8. The third-order valence-corrected chi connectivity index (χ3v) is 4.39. The molecule has 0 saturated heterocycles. The van der Waals surface area contributed by atoms with E-state index in [0.29, 0.717) is 11.3 Å². The largest absolute Gasteiger partial charge is 0.493 e. The van der Waals surface area contributed by atoms with E-state index in [1.165, 1.54) is 26.5 Å². The summed E-state index contributed by atoms with van der Waals surface area (Å²) >= 11 is 6.28. The van der Waals surface area contributed by atoms with Gasteiger partial charge in [-0.25, -0.2) is 5.43 Å². The van der Waals surface area contributed by atoms with Crippen molar-refractivity contribution in [2.45, 2.75) is 6.92 Å². The molecule has 0 aliphatic heterocycles. The average molecular weight is 477 g/mol. The topological polar surface area (TPSA) is 127 Å². The van der Waals surface area contributed by atoms with Gasteiger partial charge in [-0.3, -0.25) is 14.4 Å². The van der Waals surface area contributed by atoms with E-state index >= 15 is 0 Å². The molecule has 0 atom stereocenters. The molecule has 2 rings (SSSR count). The number of nitrogens with one attached hydrogen (secondary N) is 3. The maximum absolute atomic E-state index is 12.2. The highest BCUT2D eigenvalue weighted by Crippen LogP contribution is 2.36. The van der Waals surface area contributed by atoms with Gasteiger partial charge >= 0.3 is 11.8 Å². The Kier molecular flexibility index (Phi) is 10.1. The molecule has 0 aliphatic carbocycles. The number of hydrazone groups is 1. The first kappa shape index (κ1) is 25.6. The van der Waals surface area contributed by atoms with Gasteiger partial charge in [0, 0.05) is 19.3 Å². The second-order valence-electron chi connectivity index (χ2n) is 6.68. The molecule has 0 radical (unpaired) electrons. The number of benzene rings is 2. The maximum atomic E-state index is 12.2. The molecule has 0 spiro atoms. The summed E-state index contributed by atoms with van der Waals surface area (Å²) in [4.78, 5) is 35.4. The Morgan fingerprint density at radius 2 is 1.82 bits per heavy atom. The van der Waals surface area contributed by atoms with Gasteiger partial charge in [-0.2, -0.15) is 5.10 Å². The van der Waals surface area contributed by atoms with Crippen molar-refractivity contribution in [2.75, 3.05) is 39.3 Å². The molecule has 3 amide bonds. The van der Waals surface area contributed by atoms with E-state index in [1.54, 1.807) is 18.2 Å². The van der Waals surface area contributed by atoms with Crippen molar-refractivity contribution < 1.29 is 28.6 Å². The molecule has 0 aromatic heterocycles. The fraction of sp³-hybridized carbons (Fsp3) is 0.273. The van der Waals surface area contributed by atoms with E-state index in [4.69, 9.17) is 25.8 Å². The highest BCUT2D eigenvalue weighted by atomic mass is 35.5. The van der Waals surface area contributed by atoms with Crippen LogP contribution in [-0.4, -0.2) is 57.9 Å². The van der Waals surface area contributed by atoms with Crippen LogP contribution in [0.4, 0.5) is 5.69 Å². The molecule has 0 heterocycles. The number of methoxy groups -OCH3 is 2. The molecule has 10 nitrogen and oxygen atoms in total. The minimum Gasteiger partial charge on any atom is -0.493 e. The van der Waals surface area contributed by atoms with Gasteiger partial charge in [0.05, 0.1) is 25.0 Å². The number of hydrogen-bond acceptors (Lipinski definition) is 7. The molecule has 2 aromatic rings. The Labute approximate surface area is 196 Å². The predicted octanol–water partition coefficient (Wildman–Crippen LogP) is 1.89. The molecule has 3 N–H and O–H groups in total. The van der Waals surface area contributed by atoms with Crippen LogP contribution >= 0.6 is 11.6 Å². The SMILES string of the molecule is COCCNC(=O)C(=O)N/N=C\c1cc(Cl)c(OCC(=O)Nc2ccc(C)cc2)c(OC)c1. The molecule has 0 saturated carbocycles. The number of aryl methyl sites for hydroxylation is 1. The van der Waals surface area contributed by atoms with Crippen LogP contribution < -0.4 is 25.5 Å². The lowest BCUT2D eigenvalue weighted by Gasteiger charge is -2.13. The monoisotopic (exact) mass is 476 g/mol. The molecular formula is C22H25ClN4O6. The number of carbonyl (C=O) groups excluding carboxylic acids is 3. The van der Waals surface area contributed by atoms with Crippen molar-refractivity contribution in [1.82, 2.24) is 10.7 Å². The summed E-state index contributed by atoms with van der Waals surface area (Å²) in [6.07, 6.45) is 1.28. The third-order valence-electron chi connectivity index (χ3n) is 4.11. The normalized spacial score (nSPS) is 10.5. The lowest BCUT2D eigenvalue weighted by atomic mass is 10.2. The van der Waals surface area contributed by atoms with Crippen molar-refractivity contribution in [1.29, 1.82) is 0 Å². The zero-order valence-corrected chi connectivity index (χ0v) is 19.2. The Morgan fingerprint density at radius 3 is 2.48 bits per heavy atom. The van der Waals surface area contributed by atoms with Gasteiger partial charge in [-0.05, 0) is 36.8 Å². The number of amides is 3. The quantitative estimate of drug-likeness (QED) is 0.208. The lowest BCUT2D eigenvalue weighted by molar-refractivity contribution is -0.139. The van der Waals surface area contributed by atoms with E-state index in [2.05, 4.69) is 21.2 Å². The summed E-state index contributed by atoms with van der Waals surface area (Å²) < 4.78 is 15.6. The van der Waals surface area contributed by atoms with Crippen molar-refractivity contribution in [3.63, 3.8) is 0 Å². The number of nitrogens with zero attached hydrogens (tertiary/aromatic N) is 1. The first-order valence-electron chi connectivity index (χ1n) is 9.81.